The number of nitrogens with one attached hydrogen (secondary N) is 1. The molecule has 94 valence electrons. The van der Waals surface area contributed by atoms with Gasteiger partial charge in [0.2, 0.25) is 0 Å². The number of aryl methyl sites for hydroxylation is 1. The molecule has 1 atom stereocenters. The molecular weight excluding hydrogens is 224 g/mol. The fraction of sp³-hybridized carbons (Fsp3) is 0.429. The molecule has 2 aromatic rings. The third-order valence-corrected chi connectivity index (χ3v) is 3.54. The van der Waals surface area contributed by atoms with E-state index in [-0.39, 0.29) is 0 Å². The number of aromatic nitrogens is 3. The molecule has 1 N–H and O–H groups in total. The Bertz CT molecular complexity index is 526. The van der Waals surface area contributed by atoms with E-state index < -0.39 is 0 Å². The van der Waals surface area contributed by atoms with Crippen molar-refractivity contribution >= 4 is 0 Å². The molecule has 3 rings (SSSR count). The van der Waals surface area contributed by atoms with E-state index in [1.807, 2.05) is 30.0 Å². The van der Waals surface area contributed by atoms with Gasteiger partial charge in [0.25, 0.3) is 0 Å². The first-order valence-corrected chi connectivity index (χ1v) is 6.52. The van der Waals surface area contributed by atoms with Crippen LogP contribution in [0, 0.1) is 6.92 Å². The summed E-state index contributed by atoms with van der Waals surface area (Å²) in [5, 5.41) is 3.44. The number of hydrogen-bond donors (Lipinski definition) is 1. The minimum Gasteiger partial charge on any atom is -0.316 e. The van der Waals surface area contributed by atoms with Crippen molar-refractivity contribution in [3.05, 3.63) is 42.1 Å². The van der Waals surface area contributed by atoms with Gasteiger partial charge in [-0.25, -0.2) is 9.97 Å². The molecule has 1 fully saturated rings. The standard InChI is InChI=1S/C14H18N4/c1-11-16-8-9-18(11)14-6-2-5-13(17-14)12-4-3-7-15-10-12/h2,5-6,8-9,12,15H,3-4,7,10H2,1H3/t12-/m0/s1. The molecule has 0 amide bonds. The van der Waals surface area contributed by atoms with Gasteiger partial charge in [-0.05, 0) is 38.4 Å². The molecule has 4 heteroatoms. The summed E-state index contributed by atoms with van der Waals surface area (Å²) < 4.78 is 2.03. The number of imidazole rings is 1. The van der Waals surface area contributed by atoms with Crippen LogP contribution < -0.4 is 5.32 Å². The zero-order chi connectivity index (χ0) is 12.4. The quantitative estimate of drug-likeness (QED) is 0.876. The first kappa shape index (κ1) is 11.4. The lowest BCUT2D eigenvalue weighted by Crippen LogP contribution is -2.28. The van der Waals surface area contributed by atoms with Gasteiger partial charge in [-0.3, -0.25) is 4.57 Å². The Morgan fingerprint density at radius 2 is 2.33 bits per heavy atom. The highest BCUT2D eigenvalue weighted by molar-refractivity contribution is 5.28. The van der Waals surface area contributed by atoms with E-state index in [1.54, 1.807) is 0 Å². The third kappa shape index (κ3) is 2.16. The molecular formula is C14H18N4. The molecule has 18 heavy (non-hydrogen) atoms. The molecule has 0 aromatic carbocycles. The van der Waals surface area contributed by atoms with E-state index in [0.29, 0.717) is 5.92 Å². The van der Waals surface area contributed by atoms with E-state index in [4.69, 9.17) is 4.98 Å². The van der Waals surface area contributed by atoms with Gasteiger partial charge in [0.05, 0.1) is 0 Å². The zero-order valence-electron chi connectivity index (χ0n) is 10.6. The summed E-state index contributed by atoms with van der Waals surface area (Å²) >= 11 is 0. The summed E-state index contributed by atoms with van der Waals surface area (Å²) in [4.78, 5) is 9.03. The van der Waals surface area contributed by atoms with Gasteiger partial charge in [0.1, 0.15) is 11.6 Å². The minimum absolute atomic E-state index is 0.544. The van der Waals surface area contributed by atoms with E-state index in [2.05, 4.69) is 22.4 Å². The van der Waals surface area contributed by atoms with Gasteiger partial charge >= 0.3 is 0 Å². The Balaban J connectivity index is 1.91. The SMILES string of the molecule is Cc1nccn1-c1cccc([C@H]2CCCNC2)n1. The number of rotatable bonds is 2. The maximum absolute atomic E-state index is 4.78. The van der Waals surface area contributed by atoms with Crippen molar-refractivity contribution in [3.8, 4) is 5.82 Å². The van der Waals surface area contributed by atoms with Gasteiger partial charge in [0.15, 0.2) is 0 Å². The van der Waals surface area contributed by atoms with Crippen LogP contribution in [-0.2, 0) is 0 Å². The number of pyridine rings is 1. The van der Waals surface area contributed by atoms with Crippen LogP contribution in [0.5, 0.6) is 0 Å². The van der Waals surface area contributed by atoms with Crippen LogP contribution in [0.1, 0.15) is 30.3 Å². The topological polar surface area (TPSA) is 42.7 Å². The maximum atomic E-state index is 4.78. The van der Waals surface area contributed by atoms with Gasteiger partial charge in [-0.15, -0.1) is 0 Å². The lowest BCUT2D eigenvalue weighted by atomic mass is 9.96. The Kier molecular flexibility index (Phi) is 3.11. The lowest BCUT2D eigenvalue weighted by molar-refractivity contribution is 0.454. The van der Waals surface area contributed by atoms with Crippen LogP contribution in [0.15, 0.2) is 30.6 Å². The van der Waals surface area contributed by atoms with Crippen molar-refractivity contribution < 1.29 is 0 Å². The largest absolute Gasteiger partial charge is 0.316 e. The Hall–Kier alpha value is -1.68. The monoisotopic (exact) mass is 242 g/mol. The average Bonchev–Trinajstić information content (AvgIpc) is 2.86. The normalized spacial score (nSPS) is 19.9. The van der Waals surface area contributed by atoms with Gasteiger partial charge in [0, 0.05) is 30.6 Å². The molecule has 0 bridgehead atoms. The van der Waals surface area contributed by atoms with Crippen molar-refractivity contribution in [1.82, 2.24) is 19.9 Å². The average molecular weight is 242 g/mol. The van der Waals surface area contributed by atoms with Crippen LogP contribution in [0.4, 0.5) is 0 Å². The molecule has 0 spiro atoms. The minimum atomic E-state index is 0.544. The summed E-state index contributed by atoms with van der Waals surface area (Å²) in [6.07, 6.45) is 6.24. The van der Waals surface area contributed by atoms with E-state index in [9.17, 15) is 0 Å². The molecule has 0 unspecified atom stereocenters. The van der Waals surface area contributed by atoms with Crippen molar-refractivity contribution in [2.75, 3.05) is 13.1 Å². The molecule has 2 aromatic heterocycles. The Morgan fingerprint density at radius 3 is 3.06 bits per heavy atom. The van der Waals surface area contributed by atoms with Crippen LogP contribution in [0.3, 0.4) is 0 Å². The molecule has 4 nitrogen and oxygen atoms in total. The van der Waals surface area contributed by atoms with Crippen molar-refractivity contribution in [1.29, 1.82) is 0 Å². The second-order valence-electron chi connectivity index (χ2n) is 4.81. The predicted molar refractivity (Wildman–Crippen MR) is 70.9 cm³/mol. The first-order chi connectivity index (χ1) is 8.84. The maximum Gasteiger partial charge on any atom is 0.138 e. The number of nitrogens with zero attached hydrogens (tertiary/aromatic N) is 3. The van der Waals surface area contributed by atoms with Crippen LogP contribution in [0.25, 0.3) is 5.82 Å². The first-order valence-electron chi connectivity index (χ1n) is 6.52. The highest BCUT2D eigenvalue weighted by atomic mass is 15.1. The predicted octanol–water partition coefficient (Wildman–Crippen LogP) is 2.04. The summed E-state index contributed by atoms with van der Waals surface area (Å²) in [6, 6.07) is 6.26. The fourth-order valence-electron chi connectivity index (χ4n) is 2.53. The van der Waals surface area contributed by atoms with Crippen molar-refractivity contribution in [2.45, 2.75) is 25.7 Å². The van der Waals surface area contributed by atoms with E-state index in [1.165, 1.54) is 18.5 Å². The third-order valence-electron chi connectivity index (χ3n) is 3.54. The smallest absolute Gasteiger partial charge is 0.138 e. The van der Waals surface area contributed by atoms with Crippen LogP contribution in [-0.4, -0.2) is 27.6 Å². The Labute approximate surface area is 107 Å². The van der Waals surface area contributed by atoms with Gasteiger partial charge in [-0.2, -0.15) is 0 Å². The molecule has 1 aliphatic heterocycles. The van der Waals surface area contributed by atoms with Gasteiger partial charge in [-0.1, -0.05) is 6.07 Å². The molecule has 0 saturated carbocycles. The van der Waals surface area contributed by atoms with E-state index >= 15 is 0 Å². The van der Waals surface area contributed by atoms with Crippen molar-refractivity contribution in [2.24, 2.45) is 0 Å². The van der Waals surface area contributed by atoms with Crippen molar-refractivity contribution in [3.63, 3.8) is 0 Å². The van der Waals surface area contributed by atoms with Crippen LogP contribution in [0.2, 0.25) is 0 Å². The molecule has 3 heterocycles. The zero-order valence-corrected chi connectivity index (χ0v) is 10.6. The number of hydrogen-bond acceptors (Lipinski definition) is 3. The second kappa shape index (κ2) is 4.90. The summed E-state index contributed by atoms with van der Waals surface area (Å²) in [6.45, 7) is 4.17. The fourth-order valence-corrected chi connectivity index (χ4v) is 2.53. The molecule has 1 aliphatic rings. The molecule has 1 saturated heterocycles. The van der Waals surface area contributed by atoms with Gasteiger partial charge < -0.3 is 5.32 Å². The highest BCUT2D eigenvalue weighted by Gasteiger charge is 2.16. The Morgan fingerprint density at radius 1 is 1.39 bits per heavy atom. The summed E-state index contributed by atoms with van der Waals surface area (Å²) in [7, 11) is 0. The van der Waals surface area contributed by atoms with E-state index in [0.717, 1.165) is 24.7 Å². The lowest BCUT2D eigenvalue weighted by Gasteiger charge is -2.22. The molecule has 0 aliphatic carbocycles. The highest BCUT2D eigenvalue weighted by Crippen LogP contribution is 2.22. The number of piperidine rings is 1. The second-order valence-corrected chi connectivity index (χ2v) is 4.81. The van der Waals surface area contributed by atoms with Crippen LogP contribution >= 0.6 is 0 Å². The molecule has 0 radical (unpaired) electrons. The summed E-state index contributed by atoms with van der Waals surface area (Å²) in [5.74, 6) is 2.48. The summed E-state index contributed by atoms with van der Waals surface area (Å²) in [5.41, 5.74) is 1.19.